The van der Waals surface area contributed by atoms with Crippen LogP contribution in [0.1, 0.15) is 52.4 Å². The van der Waals surface area contributed by atoms with Crippen LogP contribution in [0.25, 0.3) is 0 Å². The van der Waals surface area contributed by atoms with Crippen LogP contribution in [0.15, 0.2) is 12.2 Å². The fourth-order valence-corrected chi connectivity index (χ4v) is 4.76. The van der Waals surface area contributed by atoms with Crippen molar-refractivity contribution in [1.82, 2.24) is 0 Å². The van der Waals surface area contributed by atoms with Gasteiger partial charge >= 0.3 is 0 Å². The average Bonchev–Trinajstić information content (AvgIpc) is 2.17. The van der Waals surface area contributed by atoms with E-state index in [2.05, 4.69) is 20.4 Å². The number of fused-ring (bicyclic) bond motifs is 1. The van der Waals surface area contributed by atoms with Crippen molar-refractivity contribution in [2.45, 2.75) is 57.1 Å². The standard InChI is InChI=1S/C13H22OS/c1-10-6-8-13(15-14)11(2)5-4-7-12(13,3)9-10/h11,14H,1,4-9H2,2-3H3/t11?,12-,13?/m1/s1. The largest absolute Gasteiger partial charge is 0.329 e. The van der Waals surface area contributed by atoms with Gasteiger partial charge in [0.25, 0.3) is 0 Å². The second-order valence-electron chi connectivity index (χ2n) is 5.76. The maximum atomic E-state index is 9.79. The Morgan fingerprint density at radius 3 is 2.87 bits per heavy atom. The Morgan fingerprint density at radius 1 is 1.47 bits per heavy atom. The molecule has 3 atom stereocenters. The lowest BCUT2D eigenvalue weighted by molar-refractivity contribution is 0.0706. The maximum Gasteiger partial charge on any atom is 0.0505 e. The summed E-state index contributed by atoms with van der Waals surface area (Å²) in [6, 6.07) is 0. The van der Waals surface area contributed by atoms with E-state index >= 15 is 0 Å². The highest BCUT2D eigenvalue weighted by atomic mass is 32.2. The van der Waals surface area contributed by atoms with Crippen LogP contribution in [0.5, 0.6) is 0 Å². The lowest BCUT2D eigenvalue weighted by Gasteiger charge is -2.57. The lowest BCUT2D eigenvalue weighted by Crippen LogP contribution is -2.53. The Bertz CT molecular complexity index is 276. The van der Waals surface area contributed by atoms with Crippen LogP contribution in [0.2, 0.25) is 0 Å². The van der Waals surface area contributed by atoms with Gasteiger partial charge in [-0.2, -0.15) is 0 Å². The van der Waals surface area contributed by atoms with Gasteiger partial charge in [0, 0.05) is 0 Å². The van der Waals surface area contributed by atoms with Gasteiger partial charge in [0.15, 0.2) is 0 Å². The first kappa shape index (κ1) is 11.5. The summed E-state index contributed by atoms with van der Waals surface area (Å²) in [5.74, 6) is 0.638. The first-order valence-electron chi connectivity index (χ1n) is 6.03. The van der Waals surface area contributed by atoms with E-state index in [-0.39, 0.29) is 10.2 Å². The zero-order chi connectivity index (χ0) is 11.1. The van der Waals surface area contributed by atoms with Crippen molar-refractivity contribution in [3.8, 4) is 0 Å². The van der Waals surface area contributed by atoms with Crippen LogP contribution in [0.3, 0.4) is 0 Å². The molecule has 0 bridgehead atoms. The van der Waals surface area contributed by atoms with E-state index < -0.39 is 0 Å². The molecule has 2 aliphatic carbocycles. The van der Waals surface area contributed by atoms with Crippen LogP contribution < -0.4 is 0 Å². The third-order valence-electron chi connectivity index (χ3n) is 4.84. The maximum absolute atomic E-state index is 9.79. The highest BCUT2D eigenvalue weighted by molar-refractivity contribution is 7.95. The van der Waals surface area contributed by atoms with Gasteiger partial charge in [-0.3, -0.25) is 0 Å². The summed E-state index contributed by atoms with van der Waals surface area (Å²) in [5.41, 5.74) is 1.66. The molecule has 1 N–H and O–H groups in total. The molecule has 2 fully saturated rings. The van der Waals surface area contributed by atoms with E-state index in [1.807, 2.05) is 0 Å². The third-order valence-corrected chi connectivity index (χ3v) is 6.26. The fraction of sp³-hybridized carbons (Fsp3) is 0.846. The van der Waals surface area contributed by atoms with Gasteiger partial charge in [0.2, 0.25) is 0 Å². The summed E-state index contributed by atoms with van der Waals surface area (Å²) in [6.07, 6.45) is 7.18. The molecule has 0 saturated heterocycles. The minimum atomic E-state index is 0.104. The number of rotatable bonds is 1. The molecular weight excluding hydrogens is 204 g/mol. The van der Waals surface area contributed by atoms with Gasteiger partial charge in [-0.25, -0.2) is 0 Å². The molecule has 0 aliphatic heterocycles. The fourth-order valence-electron chi connectivity index (χ4n) is 3.87. The molecule has 0 radical (unpaired) electrons. The van der Waals surface area contributed by atoms with Crippen LogP contribution in [-0.2, 0) is 0 Å². The third kappa shape index (κ3) is 1.57. The van der Waals surface area contributed by atoms with E-state index in [9.17, 15) is 4.55 Å². The predicted molar refractivity (Wildman–Crippen MR) is 67.1 cm³/mol. The topological polar surface area (TPSA) is 20.2 Å². The van der Waals surface area contributed by atoms with E-state index in [4.69, 9.17) is 0 Å². The predicted octanol–water partition coefficient (Wildman–Crippen LogP) is 4.50. The molecule has 86 valence electrons. The van der Waals surface area contributed by atoms with Gasteiger partial charge < -0.3 is 4.55 Å². The Kier molecular flexibility index (Phi) is 2.93. The minimum absolute atomic E-state index is 0.104. The summed E-state index contributed by atoms with van der Waals surface area (Å²) >= 11 is 1.14. The smallest absolute Gasteiger partial charge is 0.0505 e. The molecule has 2 aliphatic rings. The van der Waals surface area contributed by atoms with E-state index in [1.54, 1.807) is 0 Å². The van der Waals surface area contributed by atoms with Gasteiger partial charge in [-0.15, -0.1) is 0 Å². The van der Waals surface area contributed by atoms with Crippen molar-refractivity contribution in [3.05, 3.63) is 12.2 Å². The van der Waals surface area contributed by atoms with Crippen LogP contribution >= 0.6 is 12.0 Å². The Hall–Kier alpha value is 0.0500. The lowest BCUT2D eigenvalue weighted by atomic mass is 9.55. The molecule has 0 aromatic heterocycles. The summed E-state index contributed by atoms with van der Waals surface area (Å²) in [5, 5.41) is 0. The Labute approximate surface area is 97.5 Å². The van der Waals surface area contributed by atoms with Crippen molar-refractivity contribution in [3.63, 3.8) is 0 Å². The van der Waals surface area contributed by atoms with Crippen molar-refractivity contribution < 1.29 is 4.55 Å². The quantitative estimate of drug-likeness (QED) is 0.525. The minimum Gasteiger partial charge on any atom is -0.329 e. The first-order valence-corrected chi connectivity index (χ1v) is 6.81. The molecule has 0 aromatic rings. The number of hydrogen-bond donors (Lipinski definition) is 1. The zero-order valence-corrected chi connectivity index (χ0v) is 10.7. The molecule has 2 heteroatoms. The molecule has 0 aromatic carbocycles. The first-order chi connectivity index (χ1) is 7.04. The van der Waals surface area contributed by atoms with Crippen molar-refractivity contribution in [1.29, 1.82) is 0 Å². The Balaban J connectivity index is 2.35. The van der Waals surface area contributed by atoms with Gasteiger partial charge in [-0.05, 0) is 55.5 Å². The van der Waals surface area contributed by atoms with Crippen LogP contribution in [-0.4, -0.2) is 9.30 Å². The van der Waals surface area contributed by atoms with E-state index in [1.165, 1.54) is 24.8 Å². The highest BCUT2D eigenvalue weighted by Gasteiger charge is 2.55. The van der Waals surface area contributed by atoms with E-state index in [0.29, 0.717) is 5.92 Å². The zero-order valence-electron chi connectivity index (χ0n) is 9.88. The number of hydrogen-bond acceptors (Lipinski definition) is 2. The molecular formula is C13H22OS. The molecule has 15 heavy (non-hydrogen) atoms. The second kappa shape index (κ2) is 3.81. The summed E-state index contributed by atoms with van der Waals surface area (Å²) in [6.45, 7) is 8.82. The monoisotopic (exact) mass is 226 g/mol. The van der Waals surface area contributed by atoms with Crippen molar-refractivity contribution >= 4 is 12.0 Å². The number of allylic oxidation sites excluding steroid dienone is 1. The van der Waals surface area contributed by atoms with E-state index in [0.717, 1.165) is 31.3 Å². The van der Waals surface area contributed by atoms with Crippen LogP contribution in [0, 0.1) is 11.3 Å². The van der Waals surface area contributed by atoms with Crippen molar-refractivity contribution in [2.75, 3.05) is 0 Å². The summed E-state index contributed by atoms with van der Waals surface area (Å²) in [7, 11) is 0. The molecule has 1 nitrogen and oxygen atoms in total. The molecule has 2 saturated carbocycles. The van der Waals surface area contributed by atoms with Crippen molar-refractivity contribution in [2.24, 2.45) is 11.3 Å². The molecule has 0 amide bonds. The van der Waals surface area contributed by atoms with Gasteiger partial charge in [-0.1, -0.05) is 32.4 Å². The van der Waals surface area contributed by atoms with Gasteiger partial charge in [0.05, 0.1) is 4.75 Å². The normalized spacial score (nSPS) is 46.3. The molecule has 2 rings (SSSR count). The molecule has 2 unspecified atom stereocenters. The summed E-state index contributed by atoms with van der Waals surface area (Å²) in [4.78, 5) is 0. The molecule has 0 spiro atoms. The second-order valence-corrected chi connectivity index (χ2v) is 6.67. The average molecular weight is 226 g/mol. The SMILES string of the molecule is C=C1CCC2(SO)C(C)CCC[C@]2(C)C1. The molecule has 0 heterocycles. The van der Waals surface area contributed by atoms with Crippen LogP contribution in [0.4, 0.5) is 0 Å². The summed E-state index contributed by atoms with van der Waals surface area (Å²) < 4.78 is 9.89. The van der Waals surface area contributed by atoms with Gasteiger partial charge in [0.1, 0.15) is 0 Å². The highest BCUT2D eigenvalue weighted by Crippen LogP contribution is 2.61. The Morgan fingerprint density at radius 2 is 2.20 bits per heavy atom.